The van der Waals surface area contributed by atoms with Gasteiger partial charge in [-0.2, -0.15) is 0 Å². The van der Waals surface area contributed by atoms with Crippen LogP contribution in [0, 0.1) is 0 Å². The second kappa shape index (κ2) is 6.86. The second-order valence-corrected chi connectivity index (χ2v) is 4.12. The van der Waals surface area contributed by atoms with Gasteiger partial charge in [-0.15, -0.1) is 11.6 Å². The summed E-state index contributed by atoms with van der Waals surface area (Å²) in [4.78, 5) is 0. The van der Waals surface area contributed by atoms with Crippen molar-refractivity contribution < 1.29 is 0 Å². The molecule has 15 heavy (non-hydrogen) atoms. The third-order valence-electron chi connectivity index (χ3n) is 2.71. The van der Waals surface area contributed by atoms with Crippen LogP contribution in [0.4, 0.5) is 0 Å². The maximum absolute atomic E-state index is 5.82. The Bertz CT molecular complexity index is 264. The maximum Gasteiger partial charge on any atom is 0.0377 e. The van der Waals surface area contributed by atoms with Crippen LogP contribution in [-0.2, 0) is 13.0 Å². The molecule has 1 rings (SSSR count). The molecule has 0 aromatic heterocycles. The Morgan fingerprint density at radius 2 is 1.73 bits per heavy atom. The number of hydrogen-bond donors (Lipinski definition) is 1. The Hall–Kier alpha value is -0.530. The highest BCUT2D eigenvalue weighted by Crippen LogP contribution is 2.05. The smallest absolute Gasteiger partial charge is 0.0377 e. The SMILES string of the molecule is CCc1ccc(CNC(CC)CCl)cc1. The molecule has 1 nitrogen and oxygen atoms in total. The number of rotatable bonds is 6. The zero-order chi connectivity index (χ0) is 11.1. The molecular formula is C13H20ClN. The number of nitrogens with one attached hydrogen (secondary N) is 1. The van der Waals surface area contributed by atoms with Crippen LogP contribution in [0.3, 0.4) is 0 Å². The Morgan fingerprint density at radius 1 is 1.13 bits per heavy atom. The van der Waals surface area contributed by atoms with Crippen molar-refractivity contribution in [3.63, 3.8) is 0 Å². The lowest BCUT2D eigenvalue weighted by Gasteiger charge is -2.13. The molecule has 0 fully saturated rings. The van der Waals surface area contributed by atoms with Gasteiger partial charge in [-0.3, -0.25) is 0 Å². The van der Waals surface area contributed by atoms with Gasteiger partial charge < -0.3 is 5.32 Å². The summed E-state index contributed by atoms with van der Waals surface area (Å²) in [7, 11) is 0. The molecular weight excluding hydrogens is 206 g/mol. The molecule has 0 bridgehead atoms. The number of benzene rings is 1. The van der Waals surface area contributed by atoms with Crippen LogP contribution in [0.5, 0.6) is 0 Å². The largest absolute Gasteiger partial charge is 0.309 e. The topological polar surface area (TPSA) is 12.0 Å². The highest BCUT2D eigenvalue weighted by Gasteiger charge is 2.02. The van der Waals surface area contributed by atoms with E-state index in [1.165, 1.54) is 11.1 Å². The summed E-state index contributed by atoms with van der Waals surface area (Å²) in [6.07, 6.45) is 2.18. The molecule has 0 saturated heterocycles. The van der Waals surface area contributed by atoms with E-state index < -0.39 is 0 Å². The predicted molar refractivity (Wildman–Crippen MR) is 67.5 cm³/mol. The quantitative estimate of drug-likeness (QED) is 0.733. The van der Waals surface area contributed by atoms with Gasteiger partial charge in [0.25, 0.3) is 0 Å². The van der Waals surface area contributed by atoms with Gasteiger partial charge in [0.1, 0.15) is 0 Å². The normalized spacial score (nSPS) is 12.7. The number of halogens is 1. The van der Waals surface area contributed by atoms with E-state index in [0.717, 1.165) is 19.4 Å². The molecule has 0 aliphatic rings. The molecule has 0 radical (unpaired) electrons. The molecule has 84 valence electrons. The number of aryl methyl sites for hydroxylation is 1. The minimum Gasteiger partial charge on any atom is -0.309 e. The number of hydrogen-bond acceptors (Lipinski definition) is 1. The monoisotopic (exact) mass is 225 g/mol. The van der Waals surface area contributed by atoms with Crippen LogP contribution in [0.2, 0.25) is 0 Å². The molecule has 2 heteroatoms. The summed E-state index contributed by atoms with van der Waals surface area (Å²) in [6.45, 7) is 5.24. The van der Waals surface area contributed by atoms with Gasteiger partial charge >= 0.3 is 0 Å². The zero-order valence-corrected chi connectivity index (χ0v) is 10.3. The van der Waals surface area contributed by atoms with Gasteiger partial charge in [-0.05, 0) is 24.0 Å². The molecule has 0 amide bonds. The first kappa shape index (κ1) is 12.5. The molecule has 0 spiro atoms. The lowest BCUT2D eigenvalue weighted by atomic mass is 10.1. The summed E-state index contributed by atoms with van der Waals surface area (Å²) in [5.74, 6) is 0.684. The fraction of sp³-hybridized carbons (Fsp3) is 0.538. The van der Waals surface area contributed by atoms with Crippen molar-refractivity contribution in [2.45, 2.75) is 39.3 Å². The first-order chi connectivity index (χ1) is 7.30. The Labute approximate surface area is 97.8 Å². The van der Waals surface area contributed by atoms with Crippen LogP contribution in [0.1, 0.15) is 31.4 Å². The second-order valence-electron chi connectivity index (χ2n) is 3.81. The minimum atomic E-state index is 0.428. The third-order valence-corrected chi connectivity index (χ3v) is 3.08. The molecule has 0 saturated carbocycles. The fourth-order valence-corrected chi connectivity index (χ4v) is 1.79. The molecule has 1 atom stereocenters. The third kappa shape index (κ3) is 4.23. The van der Waals surface area contributed by atoms with Gasteiger partial charge in [0.05, 0.1) is 0 Å². The summed E-state index contributed by atoms with van der Waals surface area (Å²) in [6, 6.07) is 9.19. The maximum atomic E-state index is 5.82. The van der Waals surface area contributed by atoms with E-state index in [0.29, 0.717) is 11.9 Å². The Kier molecular flexibility index (Phi) is 5.74. The molecule has 0 aliphatic carbocycles. The van der Waals surface area contributed by atoms with E-state index in [1.54, 1.807) is 0 Å². The van der Waals surface area contributed by atoms with Crippen LogP contribution in [0.25, 0.3) is 0 Å². The zero-order valence-electron chi connectivity index (χ0n) is 9.59. The summed E-state index contributed by atoms with van der Waals surface area (Å²) in [5, 5.41) is 3.44. The van der Waals surface area contributed by atoms with E-state index in [-0.39, 0.29) is 0 Å². The van der Waals surface area contributed by atoms with Gasteiger partial charge in [-0.1, -0.05) is 38.1 Å². The van der Waals surface area contributed by atoms with Gasteiger partial charge in [0.15, 0.2) is 0 Å². The van der Waals surface area contributed by atoms with Crippen LogP contribution in [0.15, 0.2) is 24.3 Å². The van der Waals surface area contributed by atoms with E-state index in [9.17, 15) is 0 Å². The van der Waals surface area contributed by atoms with E-state index in [2.05, 4.69) is 43.4 Å². The molecule has 1 unspecified atom stereocenters. The highest BCUT2D eigenvalue weighted by atomic mass is 35.5. The van der Waals surface area contributed by atoms with Crippen molar-refractivity contribution in [2.24, 2.45) is 0 Å². The molecule has 0 aliphatic heterocycles. The molecule has 1 aromatic carbocycles. The molecule has 1 N–H and O–H groups in total. The van der Waals surface area contributed by atoms with E-state index in [1.807, 2.05) is 0 Å². The molecule has 0 heterocycles. The first-order valence-electron chi connectivity index (χ1n) is 5.67. The molecule has 1 aromatic rings. The van der Waals surface area contributed by atoms with E-state index in [4.69, 9.17) is 11.6 Å². The van der Waals surface area contributed by atoms with Crippen molar-refractivity contribution in [2.75, 3.05) is 5.88 Å². The summed E-state index contributed by atoms with van der Waals surface area (Å²) in [5.41, 5.74) is 2.72. The number of alkyl halides is 1. The lowest BCUT2D eigenvalue weighted by Crippen LogP contribution is -2.29. The predicted octanol–water partition coefficient (Wildman–Crippen LogP) is 3.36. The highest BCUT2D eigenvalue weighted by molar-refractivity contribution is 6.18. The fourth-order valence-electron chi connectivity index (χ4n) is 1.46. The first-order valence-corrected chi connectivity index (χ1v) is 6.20. The van der Waals surface area contributed by atoms with Gasteiger partial charge in [-0.25, -0.2) is 0 Å². The summed E-state index contributed by atoms with van der Waals surface area (Å²) < 4.78 is 0. The lowest BCUT2D eigenvalue weighted by molar-refractivity contribution is 0.539. The summed E-state index contributed by atoms with van der Waals surface area (Å²) >= 11 is 5.82. The Balaban J connectivity index is 2.43. The average molecular weight is 226 g/mol. The van der Waals surface area contributed by atoms with E-state index >= 15 is 0 Å². The standard InChI is InChI=1S/C13H20ClN/c1-3-11-5-7-12(8-6-11)10-15-13(4-2)9-14/h5-8,13,15H,3-4,9-10H2,1-2H3. The van der Waals surface area contributed by atoms with Gasteiger partial charge in [0.2, 0.25) is 0 Å². The van der Waals surface area contributed by atoms with Crippen molar-refractivity contribution in [3.8, 4) is 0 Å². The van der Waals surface area contributed by atoms with Crippen LogP contribution in [-0.4, -0.2) is 11.9 Å². The van der Waals surface area contributed by atoms with Crippen LogP contribution < -0.4 is 5.32 Å². The average Bonchev–Trinajstić information content (AvgIpc) is 2.31. The van der Waals surface area contributed by atoms with Crippen molar-refractivity contribution in [1.29, 1.82) is 0 Å². The Morgan fingerprint density at radius 3 is 2.20 bits per heavy atom. The van der Waals surface area contributed by atoms with Crippen molar-refractivity contribution in [3.05, 3.63) is 35.4 Å². The van der Waals surface area contributed by atoms with Crippen molar-refractivity contribution in [1.82, 2.24) is 5.32 Å². The van der Waals surface area contributed by atoms with Crippen LogP contribution >= 0.6 is 11.6 Å². The van der Waals surface area contributed by atoms with Gasteiger partial charge in [0, 0.05) is 18.5 Å². The van der Waals surface area contributed by atoms with Crippen molar-refractivity contribution >= 4 is 11.6 Å². The minimum absolute atomic E-state index is 0.428.